The SMILES string of the molecule is CC(C)(C)CNc1cc(NN)nc(N)n1. The highest BCUT2D eigenvalue weighted by Gasteiger charge is 2.10. The number of nitrogens with zero attached hydrogens (tertiary/aromatic N) is 2. The van der Waals surface area contributed by atoms with E-state index >= 15 is 0 Å². The number of nitrogen functional groups attached to an aromatic ring is 2. The third-order valence-corrected chi connectivity index (χ3v) is 1.69. The van der Waals surface area contributed by atoms with Crippen LogP contribution in [-0.4, -0.2) is 16.5 Å². The Morgan fingerprint density at radius 2 is 1.87 bits per heavy atom. The van der Waals surface area contributed by atoms with E-state index < -0.39 is 0 Å². The maximum atomic E-state index is 5.52. The first kappa shape index (κ1) is 11.5. The molecule has 0 unspecified atom stereocenters. The van der Waals surface area contributed by atoms with Gasteiger partial charge in [0.1, 0.15) is 11.6 Å². The van der Waals surface area contributed by atoms with E-state index in [4.69, 9.17) is 11.6 Å². The Kier molecular flexibility index (Phi) is 3.31. The fraction of sp³-hybridized carbons (Fsp3) is 0.556. The molecule has 0 aliphatic rings. The molecule has 0 radical (unpaired) electrons. The molecule has 15 heavy (non-hydrogen) atoms. The zero-order valence-corrected chi connectivity index (χ0v) is 9.33. The Morgan fingerprint density at radius 3 is 2.40 bits per heavy atom. The first-order valence-corrected chi connectivity index (χ1v) is 4.76. The summed E-state index contributed by atoms with van der Waals surface area (Å²) in [7, 11) is 0. The van der Waals surface area contributed by atoms with Crippen LogP contribution in [0.4, 0.5) is 17.6 Å². The quantitative estimate of drug-likeness (QED) is 0.435. The first-order chi connectivity index (χ1) is 6.90. The van der Waals surface area contributed by atoms with Crippen molar-refractivity contribution in [2.45, 2.75) is 20.8 Å². The lowest BCUT2D eigenvalue weighted by Crippen LogP contribution is -2.20. The lowest BCUT2D eigenvalue weighted by molar-refractivity contribution is 0.442. The summed E-state index contributed by atoms with van der Waals surface area (Å²) >= 11 is 0. The Bertz CT molecular complexity index is 330. The van der Waals surface area contributed by atoms with Crippen molar-refractivity contribution in [2.24, 2.45) is 11.3 Å². The van der Waals surface area contributed by atoms with Gasteiger partial charge in [-0.3, -0.25) is 0 Å². The van der Waals surface area contributed by atoms with Crippen molar-refractivity contribution in [3.8, 4) is 0 Å². The average Bonchev–Trinajstić information content (AvgIpc) is 2.13. The summed E-state index contributed by atoms with van der Waals surface area (Å²) in [5.41, 5.74) is 8.13. The summed E-state index contributed by atoms with van der Waals surface area (Å²) in [5, 5.41) is 3.17. The molecule has 0 aliphatic heterocycles. The second-order valence-corrected chi connectivity index (χ2v) is 4.56. The van der Waals surface area contributed by atoms with Gasteiger partial charge in [-0.2, -0.15) is 9.97 Å². The van der Waals surface area contributed by atoms with Gasteiger partial charge in [0.25, 0.3) is 0 Å². The minimum atomic E-state index is 0.177. The van der Waals surface area contributed by atoms with Crippen molar-refractivity contribution in [1.29, 1.82) is 0 Å². The Morgan fingerprint density at radius 1 is 1.27 bits per heavy atom. The fourth-order valence-electron chi connectivity index (χ4n) is 0.986. The molecule has 1 rings (SSSR count). The average molecular weight is 210 g/mol. The van der Waals surface area contributed by atoms with E-state index in [0.717, 1.165) is 6.54 Å². The number of anilines is 3. The molecule has 0 aromatic carbocycles. The van der Waals surface area contributed by atoms with Gasteiger partial charge in [0.05, 0.1) is 0 Å². The summed E-state index contributed by atoms with van der Waals surface area (Å²) in [6.45, 7) is 7.19. The van der Waals surface area contributed by atoms with Gasteiger partial charge in [-0.05, 0) is 5.41 Å². The van der Waals surface area contributed by atoms with Crippen LogP contribution < -0.4 is 22.3 Å². The lowest BCUT2D eigenvalue weighted by Gasteiger charge is -2.19. The standard InChI is InChI=1S/C9H18N6/c1-9(2,3)5-12-6-4-7(15-11)14-8(10)13-6/h4H,5,11H2,1-3H3,(H4,10,12,13,14,15). The summed E-state index contributed by atoms with van der Waals surface area (Å²) in [5.74, 6) is 6.61. The van der Waals surface area contributed by atoms with E-state index in [9.17, 15) is 0 Å². The molecule has 84 valence electrons. The zero-order valence-electron chi connectivity index (χ0n) is 9.33. The topological polar surface area (TPSA) is 102 Å². The van der Waals surface area contributed by atoms with Gasteiger partial charge in [-0.1, -0.05) is 20.8 Å². The summed E-state index contributed by atoms with van der Waals surface area (Å²) < 4.78 is 0. The van der Waals surface area contributed by atoms with Gasteiger partial charge >= 0.3 is 0 Å². The number of aromatic nitrogens is 2. The molecule has 0 saturated heterocycles. The van der Waals surface area contributed by atoms with Crippen LogP contribution in [0.25, 0.3) is 0 Å². The molecule has 6 nitrogen and oxygen atoms in total. The van der Waals surface area contributed by atoms with E-state index in [1.54, 1.807) is 6.07 Å². The van der Waals surface area contributed by atoms with Crippen LogP contribution in [0.1, 0.15) is 20.8 Å². The Balaban J connectivity index is 2.73. The molecule has 6 N–H and O–H groups in total. The first-order valence-electron chi connectivity index (χ1n) is 4.76. The van der Waals surface area contributed by atoms with Crippen molar-refractivity contribution in [1.82, 2.24) is 9.97 Å². The van der Waals surface area contributed by atoms with E-state index in [2.05, 4.69) is 41.5 Å². The van der Waals surface area contributed by atoms with Gasteiger partial charge in [0.15, 0.2) is 0 Å². The van der Waals surface area contributed by atoms with Crippen LogP contribution in [0.3, 0.4) is 0 Å². The predicted molar refractivity (Wildman–Crippen MR) is 62.2 cm³/mol. The van der Waals surface area contributed by atoms with Gasteiger partial charge in [-0.15, -0.1) is 0 Å². The second-order valence-electron chi connectivity index (χ2n) is 4.56. The molecule has 1 heterocycles. The highest BCUT2D eigenvalue weighted by molar-refractivity contribution is 5.50. The molecule has 0 spiro atoms. The van der Waals surface area contributed by atoms with Crippen LogP contribution >= 0.6 is 0 Å². The molecular formula is C9H18N6. The molecule has 1 aromatic rings. The van der Waals surface area contributed by atoms with Crippen LogP contribution in [0.15, 0.2) is 6.07 Å². The number of hydrogen-bond donors (Lipinski definition) is 4. The largest absolute Gasteiger partial charge is 0.369 e. The Labute approximate surface area is 89.4 Å². The molecule has 6 heteroatoms. The van der Waals surface area contributed by atoms with Crippen LogP contribution in [0.5, 0.6) is 0 Å². The number of rotatable bonds is 3. The highest BCUT2D eigenvalue weighted by Crippen LogP contribution is 2.16. The lowest BCUT2D eigenvalue weighted by atomic mass is 9.97. The van der Waals surface area contributed by atoms with Crippen molar-refractivity contribution in [3.05, 3.63) is 6.07 Å². The number of hydrazine groups is 1. The van der Waals surface area contributed by atoms with Crippen molar-refractivity contribution >= 4 is 17.6 Å². The number of hydrogen-bond acceptors (Lipinski definition) is 6. The van der Waals surface area contributed by atoms with E-state index in [0.29, 0.717) is 11.6 Å². The highest BCUT2D eigenvalue weighted by atomic mass is 15.3. The fourth-order valence-corrected chi connectivity index (χ4v) is 0.986. The zero-order chi connectivity index (χ0) is 11.5. The van der Waals surface area contributed by atoms with Crippen LogP contribution in [0.2, 0.25) is 0 Å². The number of nitrogens with two attached hydrogens (primary N) is 2. The molecule has 0 bridgehead atoms. The maximum absolute atomic E-state index is 5.52. The minimum Gasteiger partial charge on any atom is -0.369 e. The monoisotopic (exact) mass is 210 g/mol. The minimum absolute atomic E-state index is 0.177. The maximum Gasteiger partial charge on any atom is 0.223 e. The van der Waals surface area contributed by atoms with E-state index in [-0.39, 0.29) is 11.4 Å². The van der Waals surface area contributed by atoms with Gasteiger partial charge in [0.2, 0.25) is 5.95 Å². The van der Waals surface area contributed by atoms with E-state index in [1.807, 2.05) is 0 Å². The Hall–Kier alpha value is -1.56. The van der Waals surface area contributed by atoms with Crippen LogP contribution in [0, 0.1) is 5.41 Å². The molecule has 0 aliphatic carbocycles. The number of nitrogens with one attached hydrogen (secondary N) is 2. The summed E-state index contributed by atoms with van der Waals surface area (Å²) in [4.78, 5) is 7.93. The normalized spacial score (nSPS) is 11.2. The van der Waals surface area contributed by atoms with Crippen LogP contribution in [-0.2, 0) is 0 Å². The third kappa shape index (κ3) is 3.99. The van der Waals surface area contributed by atoms with Gasteiger partial charge < -0.3 is 16.5 Å². The van der Waals surface area contributed by atoms with Crippen molar-refractivity contribution in [3.63, 3.8) is 0 Å². The molecule has 1 aromatic heterocycles. The molecule has 0 amide bonds. The molecule has 0 fully saturated rings. The van der Waals surface area contributed by atoms with Gasteiger partial charge in [-0.25, -0.2) is 5.84 Å². The van der Waals surface area contributed by atoms with E-state index in [1.165, 1.54) is 0 Å². The summed E-state index contributed by atoms with van der Waals surface area (Å²) in [6.07, 6.45) is 0. The van der Waals surface area contributed by atoms with Crippen molar-refractivity contribution < 1.29 is 0 Å². The molecular weight excluding hydrogens is 192 g/mol. The smallest absolute Gasteiger partial charge is 0.223 e. The molecule has 0 saturated carbocycles. The van der Waals surface area contributed by atoms with Gasteiger partial charge in [0, 0.05) is 12.6 Å². The predicted octanol–water partition coefficient (Wildman–Crippen LogP) is 0.802. The van der Waals surface area contributed by atoms with Crippen molar-refractivity contribution in [2.75, 3.05) is 23.0 Å². The molecule has 0 atom stereocenters. The third-order valence-electron chi connectivity index (χ3n) is 1.69. The second kappa shape index (κ2) is 4.31. The summed E-state index contributed by atoms with van der Waals surface area (Å²) in [6, 6.07) is 1.71.